The molecular formula is C15H15FIN3. The van der Waals surface area contributed by atoms with Crippen LogP contribution in [-0.2, 0) is 0 Å². The highest BCUT2D eigenvalue weighted by Crippen LogP contribution is 2.42. The van der Waals surface area contributed by atoms with E-state index in [0.29, 0.717) is 11.7 Å². The fourth-order valence-corrected chi connectivity index (χ4v) is 3.01. The molecule has 0 atom stereocenters. The van der Waals surface area contributed by atoms with Gasteiger partial charge in [-0.25, -0.2) is 14.4 Å². The second-order valence-electron chi connectivity index (χ2n) is 4.91. The summed E-state index contributed by atoms with van der Waals surface area (Å²) in [5.41, 5.74) is 1.82. The van der Waals surface area contributed by atoms with Crippen LogP contribution in [0.5, 0.6) is 0 Å². The first-order chi connectivity index (χ1) is 9.69. The van der Waals surface area contributed by atoms with Crippen LogP contribution in [-0.4, -0.2) is 16.5 Å². The van der Waals surface area contributed by atoms with E-state index >= 15 is 0 Å². The molecule has 2 aromatic rings. The van der Waals surface area contributed by atoms with Gasteiger partial charge in [0.05, 0.1) is 9.26 Å². The van der Waals surface area contributed by atoms with Gasteiger partial charge < -0.3 is 5.32 Å². The van der Waals surface area contributed by atoms with Gasteiger partial charge in [0, 0.05) is 18.0 Å². The fourth-order valence-electron chi connectivity index (χ4n) is 2.13. The Labute approximate surface area is 131 Å². The second-order valence-corrected chi connectivity index (χ2v) is 5.99. The van der Waals surface area contributed by atoms with Crippen molar-refractivity contribution in [3.05, 3.63) is 39.3 Å². The third-order valence-corrected chi connectivity index (χ3v) is 4.33. The summed E-state index contributed by atoms with van der Waals surface area (Å²) < 4.78 is 14.5. The van der Waals surface area contributed by atoms with E-state index in [-0.39, 0.29) is 5.82 Å². The normalized spacial score (nSPS) is 14.3. The van der Waals surface area contributed by atoms with E-state index in [1.807, 2.05) is 13.0 Å². The Morgan fingerprint density at radius 1 is 1.35 bits per heavy atom. The minimum atomic E-state index is -0.261. The molecule has 1 aliphatic rings. The van der Waals surface area contributed by atoms with E-state index in [4.69, 9.17) is 0 Å². The Bertz CT molecular complexity index is 641. The van der Waals surface area contributed by atoms with Crippen molar-refractivity contribution in [1.82, 2.24) is 9.97 Å². The predicted octanol–water partition coefficient (Wildman–Crippen LogP) is 4.20. The maximum Gasteiger partial charge on any atom is 0.161 e. The Morgan fingerprint density at radius 3 is 2.80 bits per heavy atom. The first-order valence-corrected chi connectivity index (χ1v) is 7.84. The SMILES string of the molecule is CCNc1nc(-c2cccc(F)c2)nc(C2CC2)c1I. The van der Waals surface area contributed by atoms with Crippen molar-refractivity contribution in [2.24, 2.45) is 0 Å². The lowest BCUT2D eigenvalue weighted by atomic mass is 10.2. The largest absolute Gasteiger partial charge is 0.369 e. The molecule has 5 heteroatoms. The van der Waals surface area contributed by atoms with Crippen LogP contribution in [0.1, 0.15) is 31.4 Å². The highest BCUT2D eigenvalue weighted by atomic mass is 127. The standard InChI is InChI=1S/C15H15FIN3/c1-2-18-15-12(17)13(9-6-7-9)19-14(20-15)10-4-3-5-11(16)8-10/h3-5,8-9H,2,6-7H2,1H3,(H,18,19,20). The number of halogens is 2. The predicted molar refractivity (Wildman–Crippen MR) is 86.3 cm³/mol. The van der Waals surface area contributed by atoms with Crippen molar-refractivity contribution in [3.63, 3.8) is 0 Å². The molecule has 0 spiro atoms. The number of rotatable bonds is 4. The number of hydrogen-bond acceptors (Lipinski definition) is 3. The summed E-state index contributed by atoms with van der Waals surface area (Å²) in [6.07, 6.45) is 2.36. The molecule has 0 radical (unpaired) electrons. The molecule has 0 unspecified atom stereocenters. The molecule has 1 heterocycles. The summed E-state index contributed by atoms with van der Waals surface area (Å²) in [5.74, 6) is 1.73. The Balaban J connectivity index is 2.10. The number of anilines is 1. The Morgan fingerprint density at radius 2 is 2.15 bits per heavy atom. The van der Waals surface area contributed by atoms with Gasteiger partial charge in [-0.3, -0.25) is 0 Å². The highest BCUT2D eigenvalue weighted by Gasteiger charge is 2.29. The fraction of sp³-hybridized carbons (Fsp3) is 0.333. The van der Waals surface area contributed by atoms with Crippen LogP contribution in [0.2, 0.25) is 0 Å². The molecule has 0 bridgehead atoms. The summed E-state index contributed by atoms with van der Waals surface area (Å²) >= 11 is 2.30. The third kappa shape index (κ3) is 2.77. The van der Waals surface area contributed by atoms with Crippen LogP contribution in [0.25, 0.3) is 11.4 Å². The quantitative estimate of drug-likeness (QED) is 0.805. The van der Waals surface area contributed by atoms with Crippen molar-refractivity contribution < 1.29 is 4.39 Å². The van der Waals surface area contributed by atoms with Gasteiger partial charge in [0.1, 0.15) is 11.6 Å². The Hall–Kier alpha value is -1.24. The first kappa shape index (κ1) is 13.7. The lowest BCUT2D eigenvalue weighted by Gasteiger charge is -2.12. The molecule has 1 N–H and O–H groups in total. The maximum absolute atomic E-state index is 13.4. The molecule has 1 saturated carbocycles. The van der Waals surface area contributed by atoms with Gasteiger partial charge >= 0.3 is 0 Å². The zero-order valence-corrected chi connectivity index (χ0v) is 13.3. The van der Waals surface area contributed by atoms with Crippen LogP contribution < -0.4 is 5.32 Å². The van der Waals surface area contributed by atoms with Gasteiger partial charge in [-0.15, -0.1) is 0 Å². The monoisotopic (exact) mass is 383 g/mol. The van der Waals surface area contributed by atoms with Crippen molar-refractivity contribution >= 4 is 28.4 Å². The first-order valence-electron chi connectivity index (χ1n) is 6.76. The molecule has 1 aromatic heterocycles. The average molecular weight is 383 g/mol. The molecule has 20 heavy (non-hydrogen) atoms. The van der Waals surface area contributed by atoms with Gasteiger partial charge in [-0.1, -0.05) is 12.1 Å². The smallest absolute Gasteiger partial charge is 0.161 e. The summed E-state index contributed by atoms with van der Waals surface area (Å²) in [7, 11) is 0. The minimum Gasteiger partial charge on any atom is -0.369 e. The molecule has 1 aromatic carbocycles. The van der Waals surface area contributed by atoms with Crippen molar-refractivity contribution in [1.29, 1.82) is 0 Å². The number of aromatic nitrogens is 2. The van der Waals surface area contributed by atoms with E-state index in [0.717, 1.165) is 27.2 Å². The molecule has 3 nitrogen and oxygen atoms in total. The molecule has 1 fully saturated rings. The van der Waals surface area contributed by atoms with E-state index < -0.39 is 0 Å². The molecule has 1 aliphatic carbocycles. The van der Waals surface area contributed by atoms with Crippen LogP contribution in [0.3, 0.4) is 0 Å². The topological polar surface area (TPSA) is 37.8 Å². The Kier molecular flexibility index (Phi) is 3.87. The van der Waals surface area contributed by atoms with Crippen molar-refractivity contribution in [3.8, 4) is 11.4 Å². The summed E-state index contributed by atoms with van der Waals surface area (Å²) in [6.45, 7) is 2.84. The number of nitrogens with one attached hydrogen (secondary N) is 1. The number of nitrogens with zero attached hydrogens (tertiary/aromatic N) is 2. The molecule has 104 valence electrons. The molecule has 0 amide bonds. The van der Waals surface area contributed by atoms with Gasteiger partial charge in [0.25, 0.3) is 0 Å². The average Bonchev–Trinajstić information content (AvgIpc) is 3.26. The summed E-state index contributed by atoms with van der Waals surface area (Å²) in [4.78, 5) is 9.21. The van der Waals surface area contributed by atoms with Gasteiger partial charge in [-0.2, -0.15) is 0 Å². The summed E-state index contributed by atoms with van der Waals surface area (Å²) in [5, 5.41) is 3.27. The minimum absolute atomic E-state index is 0.261. The lowest BCUT2D eigenvalue weighted by molar-refractivity contribution is 0.628. The van der Waals surface area contributed by atoms with Crippen LogP contribution in [0.15, 0.2) is 24.3 Å². The van der Waals surface area contributed by atoms with Gasteiger partial charge in [0.15, 0.2) is 5.82 Å². The highest BCUT2D eigenvalue weighted by molar-refractivity contribution is 14.1. The number of hydrogen-bond donors (Lipinski definition) is 1. The van der Waals surface area contributed by atoms with E-state index in [9.17, 15) is 4.39 Å². The second kappa shape index (κ2) is 5.63. The van der Waals surface area contributed by atoms with E-state index in [1.54, 1.807) is 6.07 Å². The van der Waals surface area contributed by atoms with Crippen LogP contribution >= 0.6 is 22.6 Å². The zero-order chi connectivity index (χ0) is 14.1. The third-order valence-electron chi connectivity index (χ3n) is 3.27. The van der Waals surface area contributed by atoms with Crippen LogP contribution in [0, 0.1) is 9.39 Å². The number of benzene rings is 1. The molecular weight excluding hydrogens is 368 g/mol. The molecule has 0 aliphatic heterocycles. The molecule has 0 saturated heterocycles. The molecule has 3 rings (SSSR count). The van der Waals surface area contributed by atoms with Crippen molar-refractivity contribution in [2.75, 3.05) is 11.9 Å². The van der Waals surface area contributed by atoms with E-state index in [2.05, 4.69) is 37.9 Å². The van der Waals surface area contributed by atoms with Gasteiger partial charge in [-0.05, 0) is 54.5 Å². The summed E-state index contributed by atoms with van der Waals surface area (Å²) in [6, 6.07) is 6.45. The zero-order valence-electron chi connectivity index (χ0n) is 11.2. The van der Waals surface area contributed by atoms with E-state index in [1.165, 1.54) is 25.0 Å². The maximum atomic E-state index is 13.4. The van der Waals surface area contributed by atoms with Crippen LogP contribution in [0.4, 0.5) is 10.2 Å². The lowest BCUT2D eigenvalue weighted by Crippen LogP contribution is -2.07. The van der Waals surface area contributed by atoms with Crippen molar-refractivity contribution in [2.45, 2.75) is 25.7 Å². The van der Waals surface area contributed by atoms with Gasteiger partial charge in [0.2, 0.25) is 0 Å².